The fraction of sp³-hybridized carbons (Fsp3) is 1.00. The average Bonchev–Trinajstić information content (AvgIpc) is 1.94. The fourth-order valence-electron chi connectivity index (χ4n) is 0.546. The van der Waals surface area contributed by atoms with Gasteiger partial charge in [0, 0.05) is 0 Å². The Balaban J connectivity index is 3.01. The highest BCUT2D eigenvalue weighted by atomic mass is 17.2. The van der Waals surface area contributed by atoms with Gasteiger partial charge < -0.3 is 0 Å². The van der Waals surface area contributed by atoms with Crippen molar-refractivity contribution in [3.8, 4) is 0 Å². The van der Waals surface area contributed by atoms with E-state index in [0.717, 1.165) is 12.8 Å². The molecule has 0 unspecified atom stereocenters. The summed E-state index contributed by atoms with van der Waals surface area (Å²) < 4.78 is 0. The van der Waals surface area contributed by atoms with Crippen LogP contribution in [-0.4, -0.2) is 24.1 Å². The Morgan fingerprint density at radius 2 is 1.67 bits per heavy atom. The molecule has 4 heteroatoms. The Hall–Kier alpha value is -0.160. The quantitative estimate of drug-likeness (QED) is 0.384. The van der Waals surface area contributed by atoms with Gasteiger partial charge in [0.2, 0.25) is 0 Å². The van der Waals surface area contributed by atoms with E-state index < -0.39 is 0 Å². The molecule has 0 aromatic carbocycles. The van der Waals surface area contributed by atoms with Gasteiger partial charge in [0.15, 0.2) is 0 Å². The molecule has 0 bridgehead atoms. The largest absolute Gasteiger partial charge is 0.252 e. The molecule has 12 heavy (non-hydrogen) atoms. The molecule has 0 amide bonds. The summed E-state index contributed by atoms with van der Waals surface area (Å²) in [6.45, 7) is 6.64. The van der Waals surface area contributed by atoms with Crippen molar-refractivity contribution >= 4 is 0 Å². The third kappa shape index (κ3) is 9.84. The van der Waals surface area contributed by atoms with Crippen LogP contribution < -0.4 is 0 Å². The van der Waals surface area contributed by atoms with Crippen LogP contribution in [0, 0.1) is 0 Å². The van der Waals surface area contributed by atoms with E-state index in [9.17, 15) is 0 Å². The molecule has 0 aliphatic rings. The van der Waals surface area contributed by atoms with E-state index in [-0.39, 0.29) is 5.60 Å². The van der Waals surface area contributed by atoms with Crippen LogP contribution >= 0.6 is 0 Å². The summed E-state index contributed by atoms with van der Waals surface area (Å²) in [6, 6.07) is 0. The van der Waals surface area contributed by atoms with Crippen LogP contribution in [0.2, 0.25) is 0 Å². The van der Waals surface area contributed by atoms with E-state index in [0.29, 0.717) is 13.2 Å². The Labute approximate surface area is 73.3 Å². The standard InChI is InChI=1S/C8H18O4/c1-8(2,3)12-11-7-5-4-6-10-9/h9H,4-7H2,1-3H3. The maximum atomic E-state index is 7.98. The van der Waals surface area contributed by atoms with Crippen LogP contribution in [0.4, 0.5) is 0 Å². The van der Waals surface area contributed by atoms with Crippen molar-refractivity contribution in [2.24, 2.45) is 0 Å². The minimum absolute atomic E-state index is 0.256. The normalized spacial score (nSPS) is 12.0. The Morgan fingerprint density at radius 1 is 1.08 bits per heavy atom. The molecule has 0 fully saturated rings. The molecule has 0 aliphatic carbocycles. The van der Waals surface area contributed by atoms with Crippen LogP contribution in [0.5, 0.6) is 0 Å². The minimum Gasteiger partial charge on any atom is -0.252 e. The van der Waals surface area contributed by atoms with Gasteiger partial charge in [-0.1, -0.05) is 0 Å². The van der Waals surface area contributed by atoms with Crippen molar-refractivity contribution < 1.29 is 19.9 Å². The van der Waals surface area contributed by atoms with Crippen molar-refractivity contribution in [1.29, 1.82) is 0 Å². The van der Waals surface area contributed by atoms with E-state index in [1.807, 2.05) is 20.8 Å². The van der Waals surface area contributed by atoms with E-state index in [4.69, 9.17) is 15.0 Å². The molecule has 0 spiro atoms. The van der Waals surface area contributed by atoms with Crippen LogP contribution in [0.25, 0.3) is 0 Å². The lowest BCUT2D eigenvalue weighted by molar-refractivity contribution is -0.349. The van der Waals surface area contributed by atoms with Crippen LogP contribution in [0.3, 0.4) is 0 Å². The van der Waals surface area contributed by atoms with E-state index in [1.165, 1.54) is 0 Å². The first-order valence-corrected chi connectivity index (χ1v) is 4.13. The Kier molecular flexibility index (Phi) is 6.28. The molecule has 0 heterocycles. The maximum absolute atomic E-state index is 7.98. The fourth-order valence-corrected chi connectivity index (χ4v) is 0.546. The molecule has 0 radical (unpaired) electrons. The lowest BCUT2D eigenvalue weighted by Crippen LogP contribution is -2.19. The molecule has 0 aromatic heterocycles. The summed E-state index contributed by atoms with van der Waals surface area (Å²) in [5.41, 5.74) is -0.256. The summed E-state index contributed by atoms with van der Waals surface area (Å²) in [5.74, 6) is 0. The molecule has 0 rings (SSSR count). The Morgan fingerprint density at radius 3 is 2.17 bits per heavy atom. The summed E-state index contributed by atoms with van der Waals surface area (Å²) in [6.07, 6.45) is 1.58. The van der Waals surface area contributed by atoms with Gasteiger partial charge in [-0.3, -0.25) is 5.26 Å². The molecule has 0 saturated carbocycles. The van der Waals surface area contributed by atoms with Crippen molar-refractivity contribution in [3.05, 3.63) is 0 Å². The number of hydrogen-bond acceptors (Lipinski definition) is 4. The van der Waals surface area contributed by atoms with E-state index in [2.05, 4.69) is 4.89 Å². The van der Waals surface area contributed by atoms with Crippen molar-refractivity contribution in [3.63, 3.8) is 0 Å². The third-order valence-electron chi connectivity index (χ3n) is 1.02. The zero-order valence-electron chi connectivity index (χ0n) is 8.00. The van der Waals surface area contributed by atoms with Crippen LogP contribution in [0.15, 0.2) is 0 Å². The average molecular weight is 178 g/mol. The highest BCUT2D eigenvalue weighted by Gasteiger charge is 2.10. The summed E-state index contributed by atoms with van der Waals surface area (Å²) in [5, 5.41) is 7.98. The van der Waals surface area contributed by atoms with Gasteiger partial charge >= 0.3 is 0 Å². The summed E-state index contributed by atoms with van der Waals surface area (Å²) in [7, 11) is 0. The smallest absolute Gasteiger partial charge is 0.0952 e. The molecule has 74 valence electrons. The van der Waals surface area contributed by atoms with Crippen molar-refractivity contribution in [2.45, 2.75) is 39.2 Å². The van der Waals surface area contributed by atoms with Gasteiger partial charge in [-0.05, 0) is 33.6 Å². The third-order valence-corrected chi connectivity index (χ3v) is 1.02. The molecule has 1 N–H and O–H groups in total. The summed E-state index contributed by atoms with van der Waals surface area (Å²) in [4.78, 5) is 13.8. The molecule has 0 aliphatic heterocycles. The molecule has 0 aromatic rings. The summed E-state index contributed by atoms with van der Waals surface area (Å²) >= 11 is 0. The highest BCUT2D eigenvalue weighted by Crippen LogP contribution is 2.07. The molecule has 4 nitrogen and oxygen atoms in total. The zero-order chi connectivity index (χ0) is 9.45. The first kappa shape index (κ1) is 11.8. The number of hydrogen-bond donors (Lipinski definition) is 1. The monoisotopic (exact) mass is 178 g/mol. The first-order chi connectivity index (χ1) is 5.56. The van der Waals surface area contributed by atoms with Gasteiger partial charge in [0.25, 0.3) is 0 Å². The van der Waals surface area contributed by atoms with Gasteiger partial charge in [-0.25, -0.2) is 14.7 Å². The predicted molar refractivity (Wildman–Crippen MR) is 44.6 cm³/mol. The van der Waals surface area contributed by atoms with Crippen LogP contribution in [-0.2, 0) is 14.7 Å². The molecule has 0 atom stereocenters. The topological polar surface area (TPSA) is 47.9 Å². The van der Waals surface area contributed by atoms with E-state index in [1.54, 1.807) is 0 Å². The minimum atomic E-state index is -0.256. The van der Waals surface area contributed by atoms with Crippen molar-refractivity contribution in [2.75, 3.05) is 13.2 Å². The van der Waals surface area contributed by atoms with Gasteiger partial charge in [-0.15, -0.1) is 0 Å². The maximum Gasteiger partial charge on any atom is 0.0952 e. The first-order valence-electron chi connectivity index (χ1n) is 4.13. The molecule has 0 saturated heterocycles. The second-order valence-electron chi connectivity index (χ2n) is 3.56. The van der Waals surface area contributed by atoms with E-state index >= 15 is 0 Å². The number of unbranched alkanes of at least 4 members (excludes halogenated alkanes) is 1. The van der Waals surface area contributed by atoms with Crippen molar-refractivity contribution in [1.82, 2.24) is 0 Å². The lowest BCUT2D eigenvalue weighted by atomic mass is 10.2. The van der Waals surface area contributed by atoms with Gasteiger partial charge in [0.05, 0.1) is 18.8 Å². The van der Waals surface area contributed by atoms with Gasteiger partial charge in [0.1, 0.15) is 0 Å². The Bertz CT molecular complexity index is 97.7. The van der Waals surface area contributed by atoms with Gasteiger partial charge in [-0.2, -0.15) is 0 Å². The predicted octanol–water partition coefficient (Wildman–Crippen LogP) is 2.00. The SMILES string of the molecule is CC(C)(C)OOCCCCOO. The highest BCUT2D eigenvalue weighted by molar-refractivity contribution is 4.54. The molecular formula is C8H18O4. The van der Waals surface area contributed by atoms with Crippen LogP contribution in [0.1, 0.15) is 33.6 Å². The number of rotatable bonds is 6. The second kappa shape index (κ2) is 6.37. The second-order valence-corrected chi connectivity index (χ2v) is 3.56. The zero-order valence-corrected chi connectivity index (χ0v) is 8.00. The molecular weight excluding hydrogens is 160 g/mol. The lowest BCUT2D eigenvalue weighted by Gasteiger charge is -2.17.